The van der Waals surface area contributed by atoms with Gasteiger partial charge >= 0.3 is 0 Å². The summed E-state index contributed by atoms with van der Waals surface area (Å²) < 4.78 is 21.6. The third-order valence-corrected chi connectivity index (χ3v) is 2.79. The Kier molecular flexibility index (Phi) is 3.97. The minimum atomic E-state index is -0.0995. The van der Waals surface area contributed by atoms with Crippen LogP contribution in [-0.4, -0.2) is 51.3 Å². The highest BCUT2D eigenvalue weighted by atomic mass is 16.6. The molecular weight excluding hydrogens is 196 g/mol. The van der Waals surface area contributed by atoms with Gasteiger partial charge in [0.2, 0.25) is 0 Å². The third kappa shape index (κ3) is 4.07. The molecule has 0 aromatic rings. The summed E-state index contributed by atoms with van der Waals surface area (Å²) >= 11 is 0. The number of rotatable bonds is 6. The van der Waals surface area contributed by atoms with E-state index < -0.39 is 0 Å². The highest BCUT2D eigenvalue weighted by Crippen LogP contribution is 2.21. The van der Waals surface area contributed by atoms with E-state index in [9.17, 15) is 0 Å². The van der Waals surface area contributed by atoms with Gasteiger partial charge in [-0.2, -0.15) is 0 Å². The Labute approximate surface area is 90.8 Å². The van der Waals surface area contributed by atoms with Gasteiger partial charge < -0.3 is 18.9 Å². The molecule has 0 amide bonds. The van der Waals surface area contributed by atoms with Crippen LogP contribution >= 0.6 is 0 Å². The predicted molar refractivity (Wildman–Crippen MR) is 55.0 cm³/mol. The van der Waals surface area contributed by atoms with Gasteiger partial charge in [-0.1, -0.05) is 0 Å². The van der Waals surface area contributed by atoms with E-state index >= 15 is 0 Å². The fraction of sp³-hybridized carbons (Fsp3) is 1.00. The molecule has 0 saturated carbocycles. The summed E-state index contributed by atoms with van der Waals surface area (Å²) in [6.45, 7) is 6.66. The van der Waals surface area contributed by atoms with Gasteiger partial charge in [-0.3, -0.25) is 0 Å². The molecule has 0 bridgehead atoms. The van der Waals surface area contributed by atoms with Crippen molar-refractivity contribution in [3.63, 3.8) is 0 Å². The van der Waals surface area contributed by atoms with Crippen LogP contribution in [0, 0.1) is 0 Å². The van der Waals surface area contributed by atoms with E-state index in [0.29, 0.717) is 19.3 Å². The van der Waals surface area contributed by atoms with E-state index in [-0.39, 0.29) is 5.60 Å². The molecule has 0 spiro atoms. The monoisotopic (exact) mass is 216 g/mol. The number of ether oxygens (including phenoxy) is 4. The minimum Gasteiger partial charge on any atom is -0.379 e. The summed E-state index contributed by atoms with van der Waals surface area (Å²) in [6, 6.07) is 0. The molecule has 88 valence electrons. The molecule has 0 aliphatic carbocycles. The van der Waals surface area contributed by atoms with E-state index in [1.54, 1.807) is 0 Å². The van der Waals surface area contributed by atoms with Crippen LogP contribution in [0.1, 0.15) is 19.8 Å². The van der Waals surface area contributed by atoms with Crippen molar-refractivity contribution in [1.82, 2.24) is 0 Å². The van der Waals surface area contributed by atoms with Crippen molar-refractivity contribution in [1.29, 1.82) is 0 Å². The topological polar surface area (TPSA) is 40.2 Å². The van der Waals surface area contributed by atoms with Crippen LogP contribution in [0.4, 0.5) is 0 Å². The zero-order valence-electron chi connectivity index (χ0n) is 9.37. The molecular formula is C11H20O4. The molecule has 2 saturated heterocycles. The Balaban J connectivity index is 1.51. The van der Waals surface area contributed by atoms with Gasteiger partial charge in [0, 0.05) is 6.61 Å². The maximum absolute atomic E-state index is 5.70. The van der Waals surface area contributed by atoms with Crippen molar-refractivity contribution >= 4 is 0 Å². The lowest BCUT2D eigenvalue weighted by Crippen LogP contribution is -2.40. The normalized spacial score (nSPS) is 35.4. The van der Waals surface area contributed by atoms with Gasteiger partial charge in [-0.25, -0.2) is 0 Å². The summed E-state index contributed by atoms with van der Waals surface area (Å²) in [7, 11) is 0. The summed E-state index contributed by atoms with van der Waals surface area (Å²) in [4.78, 5) is 0. The van der Waals surface area contributed by atoms with E-state index in [1.165, 1.54) is 0 Å². The van der Waals surface area contributed by atoms with Crippen LogP contribution in [0.2, 0.25) is 0 Å². The van der Waals surface area contributed by atoms with Crippen LogP contribution in [0.15, 0.2) is 0 Å². The number of epoxide rings is 1. The number of hydrogen-bond donors (Lipinski definition) is 0. The van der Waals surface area contributed by atoms with Crippen molar-refractivity contribution in [2.75, 3.05) is 39.6 Å². The molecule has 1 unspecified atom stereocenters. The molecule has 0 radical (unpaired) electrons. The van der Waals surface area contributed by atoms with Crippen LogP contribution in [0.5, 0.6) is 0 Å². The summed E-state index contributed by atoms with van der Waals surface area (Å²) in [5.41, 5.74) is -0.0995. The zero-order valence-corrected chi connectivity index (χ0v) is 9.37. The summed E-state index contributed by atoms with van der Waals surface area (Å²) in [5.74, 6) is 0. The maximum Gasteiger partial charge on any atom is 0.104 e. The van der Waals surface area contributed by atoms with Gasteiger partial charge in [0.05, 0.1) is 38.6 Å². The second-order valence-electron chi connectivity index (χ2n) is 4.48. The van der Waals surface area contributed by atoms with E-state index in [4.69, 9.17) is 18.9 Å². The van der Waals surface area contributed by atoms with Crippen molar-refractivity contribution in [2.45, 2.75) is 31.5 Å². The molecule has 4 heteroatoms. The third-order valence-electron chi connectivity index (χ3n) is 2.79. The van der Waals surface area contributed by atoms with Crippen molar-refractivity contribution < 1.29 is 18.9 Å². The van der Waals surface area contributed by atoms with Crippen molar-refractivity contribution in [3.8, 4) is 0 Å². The standard InChI is InChI=1S/C11H20O4/c1-11(9-13-5-6-15-11)3-2-4-12-7-10-8-14-10/h10H,2-9H2,1H3/t10?,11-/m1/s1. The van der Waals surface area contributed by atoms with E-state index in [1.807, 2.05) is 0 Å². The number of hydrogen-bond acceptors (Lipinski definition) is 4. The second kappa shape index (κ2) is 5.25. The van der Waals surface area contributed by atoms with Crippen LogP contribution < -0.4 is 0 Å². The average Bonchev–Trinajstić information content (AvgIpc) is 3.02. The lowest BCUT2D eigenvalue weighted by atomic mass is 10.0. The first-order chi connectivity index (χ1) is 7.29. The largest absolute Gasteiger partial charge is 0.379 e. The van der Waals surface area contributed by atoms with Gasteiger partial charge in [-0.05, 0) is 19.8 Å². The van der Waals surface area contributed by atoms with Gasteiger partial charge in [0.1, 0.15) is 6.10 Å². The average molecular weight is 216 g/mol. The first kappa shape index (κ1) is 11.3. The molecule has 0 aromatic heterocycles. The van der Waals surface area contributed by atoms with Gasteiger partial charge in [-0.15, -0.1) is 0 Å². The maximum atomic E-state index is 5.70. The first-order valence-electron chi connectivity index (χ1n) is 5.70. The van der Waals surface area contributed by atoms with Crippen LogP contribution in [0.3, 0.4) is 0 Å². The zero-order chi connectivity index (χ0) is 10.6. The smallest absolute Gasteiger partial charge is 0.104 e. The molecule has 2 aliphatic heterocycles. The van der Waals surface area contributed by atoms with Crippen LogP contribution in [-0.2, 0) is 18.9 Å². The fourth-order valence-corrected chi connectivity index (χ4v) is 1.75. The lowest BCUT2D eigenvalue weighted by molar-refractivity contribution is -0.152. The molecule has 2 heterocycles. The Morgan fingerprint density at radius 3 is 2.93 bits per heavy atom. The molecule has 15 heavy (non-hydrogen) atoms. The molecule has 2 aliphatic rings. The van der Waals surface area contributed by atoms with E-state index in [0.717, 1.165) is 39.3 Å². The fourth-order valence-electron chi connectivity index (χ4n) is 1.75. The molecule has 4 nitrogen and oxygen atoms in total. The summed E-state index contributed by atoms with van der Waals surface area (Å²) in [5, 5.41) is 0. The Hall–Kier alpha value is -0.160. The van der Waals surface area contributed by atoms with Gasteiger partial charge in [0.25, 0.3) is 0 Å². The van der Waals surface area contributed by atoms with Crippen molar-refractivity contribution in [2.24, 2.45) is 0 Å². The SMILES string of the molecule is C[C@@]1(CCCOCC2CO2)COCCO1. The lowest BCUT2D eigenvalue weighted by Gasteiger charge is -2.33. The second-order valence-corrected chi connectivity index (χ2v) is 4.48. The minimum absolute atomic E-state index is 0.0995. The van der Waals surface area contributed by atoms with Gasteiger partial charge in [0.15, 0.2) is 0 Å². The van der Waals surface area contributed by atoms with E-state index in [2.05, 4.69) is 6.92 Å². The highest BCUT2D eigenvalue weighted by molar-refractivity contribution is 4.77. The Bertz CT molecular complexity index is 185. The highest BCUT2D eigenvalue weighted by Gasteiger charge is 2.28. The summed E-state index contributed by atoms with van der Waals surface area (Å²) in [6.07, 6.45) is 2.39. The molecule has 2 fully saturated rings. The quantitative estimate of drug-likeness (QED) is 0.490. The Morgan fingerprint density at radius 1 is 1.40 bits per heavy atom. The molecule has 2 rings (SSSR count). The first-order valence-corrected chi connectivity index (χ1v) is 5.70. The molecule has 2 atom stereocenters. The molecule has 0 N–H and O–H groups in total. The van der Waals surface area contributed by atoms with Crippen LogP contribution in [0.25, 0.3) is 0 Å². The van der Waals surface area contributed by atoms with Crippen molar-refractivity contribution in [3.05, 3.63) is 0 Å². The predicted octanol–water partition coefficient (Wildman–Crippen LogP) is 0.988. The Morgan fingerprint density at radius 2 is 2.27 bits per heavy atom. The molecule has 0 aromatic carbocycles.